The van der Waals surface area contributed by atoms with E-state index in [1.165, 1.54) is 38.2 Å². The van der Waals surface area contributed by atoms with Crippen LogP contribution in [0, 0.1) is 17.6 Å². The molecule has 1 aromatic carbocycles. The average Bonchev–Trinajstić information content (AvgIpc) is 2.51. The van der Waals surface area contributed by atoms with Crippen LogP contribution >= 0.6 is 0 Å². The first-order valence-electron chi connectivity index (χ1n) is 8.89. The average molecular weight is 326 g/mol. The summed E-state index contributed by atoms with van der Waals surface area (Å²) < 4.78 is 32.7. The normalized spacial score (nSPS) is 13.3. The topological polar surface area (TPSA) is 9.23 Å². The lowest BCUT2D eigenvalue weighted by atomic mass is 9.81. The van der Waals surface area contributed by atoms with E-state index in [1.54, 1.807) is 13.2 Å². The molecule has 0 amide bonds. The molecular weight excluding hydrogens is 294 g/mol. The molecule has 0 N–H and O–H groups in total. The van der Waals surface area contributed by atoms with Gasteiger partial charge in [0.15, 0.2) is 0 Å². The number of halogens is 2. The van der Waals surface area contributed by atoms with Crippen molar-refractivity contribution in [2.24, 2.45) is 5.92 Å². The number of hydrogen-bond donors (Lipinski definition) is 0. The summed E-state index contributed by atoms with van der Waals surface area (Å²) in [4.78, 5) is 0. The van der Waals surface area contributed by atoms with Gasteiger partial charge >= 0.3 is 0 Å². The van der Waals surface area contributed by atoms with Crippen LogP contribution in [-0.2, 0) is 11.2 Å². The molecule has 132 valence electrons. The Bertz CT molecular complexity index is 457. The number of ether oxygens (including phenoxy) is 1. The summed E-state index contributed by atoms with van der Waals surface area (Å²) in [6, 6.07) is 3.86. The SMILES string of the molecule is CCCCCCCCC(Cc1ccc(F)cc1F)C(C)(C)OC. The maximum Gasteiger partial charge on any atom is 0.129 e. The number of unbranched alkanes of at least 4 members (excludes halogenated alkanes) is 5. The van der Waals surface area contributed by atoms with Crippen molar-refractivity contribution < 1.29 is 13.5 Å². The Balaban J connectivity index is 2.62. The van der Waals surface area contributed by atoms with E-state index in [2.05, 4.69) is 20.8 Å². The van der Waals surface area contributed by atoms with Crippen molar-refractivity contribution in [1.29, 1.82) is 0 Å². The molecule has 0 saturated carbocycles. The van der Waals surface area contributed by atoms with Gasteiger partial charge < -0.3 is 4.74 Å². The fourth-order valence-corrected chi connectivity index (χ4v) is 2.99. The van der Waals surface area contributed by atoms with E-state index in [0.29, 0.717) is 12.0 Å². The lowest BCUT2D eigenvalue weighted by Gasteiger charge is -2.33. The molecule has 1 rings (SSSR count). The van der Waals surface area contributed by atoms with Crippen LogP contribution in [0.25, 0.3) is 0 Å². The van der Waals surface area contributed by atoms with Crippen molar-refractivity contribution in [3.63, 3.8) is 0 Å². The Morgan fingerprint density at radius 1 is 1.04 bits per heavy atom. The third-order valence-corrected chi connectivity index (χ3v) is 4.90. The van der Waals surface area contributed by atoms with E-state index in [-0.39, 0.29) is 11.5 Å². The molecule has 0 heterocycles. The van der Waals surface area contributed by atoms with Gasteiger partial charge in [-0.3, -0.25) is 0 Å². The lowest BCUT2D eigenvalue weighted by Crippen LogP contribution is -2.35. The highest BCUT2D eigenvalue weighted by molar-refractivity contribution is 5.19. The second kappa shape index (κ2) is 10.0. The van der Waals surface area contributed by atoms with E-state index >= 15 is 0 Å². The number of benzene rings is 1. The molecule has 0 fully saturated rings. The second-order valence-electron chi connectivity index (χ2n) is 7.00. The minimum atomic E-state index is -0.523. The largest absolute Gasteiger partial charge is 0.379 e. The second-order valence-corrected chi connectivity index (χ2v) is 7.00. The van der Waals surface area contributed by atoms with E-state index in [0.717, 1.165) is 18.9 Å². The molecule has 23 heavy (non-hydrogen) atoms. The first-order valence-corrected chi connectivity index (χ1v) is 8.89. The molecule has 0 bridgehead atoms. The first kappa shape index (κ1) is 20.1. The van der Waals surface area contributed by atoms with Crippen molar-refractivity contribution in [2.45, 2.75) is 77.7 Å². The summed E-state index contributed by atoms with van der Waals surface area (Å²) in [5.41, 5.74) is 0.261. The molecule has 1 aromatic rings. The van der Waals surface area contributed by atoms with Crippen LogP contribution in [0.15, 0.2) is 18.2 Å². The molecule has 1 unspecified atom stereocenters. The summed E-state index contributed by atoms with van der Waals surface area (Å²) >= 11 is 0. The minimum Gasteiger partial charge on any atom is -0.379 e. The highest BCUT2D eigenvalue weighted by Crippen LogP contribution is 2.30. The Hall–Kier alpha value is -0.960. The van der Waals surface area contributed by atoms with E-state index in [4.69, 9.17) is 4.74 Å². The van der Waals surface area contributed by atoms with Crippen molar-refractivity contribution in [1.82, 2.24) is 0 Å². The predicted octanol–water partition coefficient (Wildman–Crippen LogP) is 6.30. The molecule has 0 aromatic heterocycles. The summed E-state index contributed by atoms with van der Waals surface area (Å²) in [7, 11) is 1.70. The summed E-state index contributed by atoms with van der Waals surface area (Å²) in [6.07, 6.45) is 9.04. The monoisotopic (exact) mass is 326 g/mol. The quantitative estimate of drug-likeness (QED) is 0.434. The molecule has 0 aliphatic heterocycles. The van der Waals surface area contributed by atoms with Crippen LogP contribution < -0.4 is 0 Å². The van der Waals surface area contributed by atoms with Gasteiger partial charge in [0.1, 0.15) is 11.6 Å². The Kier molecular flexibility index (Phi) is 8.75. The third kappa shape index (κ3) is 6.99. The van der Waals surface area contributed by atoms with Crippen LogP contribution in [-0.4, -0.2) is 12.7 Å². The number of rotatable bonds is 11. The molecule has 1 nitrogen and oxygen atoms in total. The molecule has 1 atom stereocenters. The van der Waals surface area contributed by atoms with Crippen molar-refractivity contribution >= 4 is 0 Å². The summed E-state index contributed by atoms with van der Waals surface area (Å²) in [6.45, 7) is 6.32. The van der Waals surface area contributed by atoms with Crippen molar-refractivity contribution in [3.8, 4) is 0 Å². The van der Waals surface area contributed by atoms with Gasteiger partial charge in [-0.25, -0.2) is 8.78 Å². The smallest absolute Gasteiger partial charge is 0.129 e. The van der Waals surface area contributed by atoms with Gasteiger partial charge in [-0.1, -0.05) is 51.5 Å². The predicted molar refractivity (Wildman–Crippen MR) is 92.6 cm³/mol. The van der Waals surface area contributed by atoms with Gasteiger partial charge in [0.25, 0.3) is 0 Å². The molecule has 3 heteroatoms. The Morgan fingerprint density at radius 3 is 2.30 bits per heavy atom. The maximum atomic E-state index is 13.9. The van der Waals surface area contributed by atoms with Gasteiger partial charge in [0.2, 0.25) is 0 Å². The molecule has 0 spiro atoms. The standard InChI is InChI=1S/C20H32F2O/c1-5-6-7-8-9-10-11-17(20(2,3)23-4)14-16-12-13-18(21)15-19(16)22/h12-13,15,17H,5-11,14H2,1-4H3. The molecule has 0 radical (unpaired) electrons. The molecule has 0 aliphatic rings. The zero-order valence-electron chi connectivity index (χ0n) is 15.1. The highest BCUT2D eigenvalue weighted by Gasteiger charge is 2.29. The lowest BCUT2D eigenvalue weighted by molar-refractivity contribution is -0.0317. The van der Waals surface area contributed by atoms with Crippen LogP contribution in [0.1, 0.15) is 71.3 Å². The van der Waals surface area contributed by atoms with Crippen LogP contribution in [0.3, 0.4) is 0 Å². The van der Waals surface area contributed by atoms with Gasteiger partial charge in [-0.15, -0.1) is 0 Å². The maximum absolute atomic E-state index is 13.9. The van der Waals surface area contributed by atoms with Crippen LogP contribution in [0.5, 0.6) is 0 Å². The van der Waals surface area contributed by atoms with Gasteiger partial charge in [-0.05, 0) is 44.2 Å². The zero-order valence-corrected chi connectivity index (χ0v) is 15.1. The summed E-state index contributed by atoms with van der Waals surface area (Å²) in [5.74, 6) is -0.756. The van der Waals surface area contributed by atoms with E-state index < -0.39 is 11.6 Å². The van der Waals surface area contributed by atoms with Gasteiger partial charge in [0.05, 0.1) is 5.60 Å². The van der Waals surface area contributed by atoms with Gasteiger partial charge in [0, 0.05) is 13.2 Å². The highest BCUT2D eigenvalue weighted by atomic mass is 19.1. The first-order chi connectivity index (χ1) is 10.9. The summed E-state index contributed by atoms with van der Waals surface area (Å²) in [5, 5.41) is 0. The zero-order chi connectivity index (χ0) is 17.3. The Labute approximate surface area is 140 Å². The molecule has 0 saturated heterocycles. The van der Waals surface area contributed by atoms with E-state index in [9.17, 15) is 8.78 Å². The van der Waals surface area contributed by atoms with E-state index in [1.807, 2.05) is 0 Å². The van der Waals surface area contributed by atoms with Gasteiger partial charge in [-0.2, -0.15) is 0 Å². The van der Waals surface area contributed by atoms with Crippen LogP contribution in [0.4, 0.5) is 8.78 Å². The fraction of sp³-hybridized carbons (Fsp3) is 0.700. The van der Waals surface area contributed by atoms with Crippen molar-refractivity contribution in [3.05, 3.63) is 35.4 Å². The molecule has 0 aliphatic carbocycles. The Morgan fingerprint density at radius 2 is 1.70 bits per heavy atom. The van der Waals surface area contributed by atoms with Crippen LogP contribution in [0.2, 0.25) is 0 Å². The minimum absolute atomic E-state index is 0.221. The third-order valence-electron chi connectivity index (χ3n) is 4.90. The van der Waals surface area contributed by atoms with Crippen molar-refractivity contribution in [2.75, 3.05) is 7.11 Å². The number of hydrogen-bond acceptors (Lipinski definition) is 1. The molecular formula is C20H32F2O. The number of methoxy groups -OCH3 is 1. The fourth-order valence-electron chi connectivity index (χ4n) is 2.99.